The first kappa shape index (κ1) is 20.2. The van der Waals surface area contributed by atoms with Crippen molar-refractivity contribution in [3.63, 3.8) is 0 Å². The van der Waals surface area contributed by atoms with Gasteiger partial charge in [0, 0.05) is 25.1 Å². The molecule has 9 heteroatoms. The summed E-state index contributed by atoms with van der Waals surface area (Å²) in [4.78, 5) is 13.3. The second-order valence-corrected chi connectivity index (χ2v) is 6.09. The first-order valence-electron chi connectivity index (χ1n) is 8.44. The molecule has 0 spiro atoms. The minimum Gasteiger partial charge on any atom is -0.343 e. The summed E-state index contributed by atoms with van der Waals surface area (Å²) in [6.07, 6.45) is -1.58. The number of nitrogens with two attached hydrogens (primary N) is 2. The molecule has 6 nitrogen and oxygen atoms in total. The number of carbonyl (C=O) groups excluding carboxylic acids is 1. The van der Waals surface area contributed by atoms with Gasteiger partial charge in [0.05, 0.1) is 17.4 Å². The Balaban J connectivity index is 1.94. The first-order valence-corrected chi connectivity index (χ1v) is 8.44. The van der Waals surface area contributed by atoms with Crippen LogP contribution in [-0.2, 0) is 11.0 Å². The zero-order chi connectivity index (χ0) is 19.2. The van der Waals surface area contributed by atoms with E-state index >= 15 is 0 Å². The van der Waals surface area contributed by atoms with Gasteiger partial charge < -0.3 is 16.1 Å². The van der Waals surface area contributed by atoms with Gasteiger partial charge in [-0.1, -0.05) is 18.2 Å². The number of hydrogen-bond donors (Lipinski definition) is 4. The fourth-order valence-corrected chi connectivity index (χ4v) is 2.90. The number of rotatable bonds is 8. The van der Waals surface area contributed by atoms with Crippen molar-refractivity contribution in [3.05, 3.63) is 41.5 Å². The molecule has 144 valence electrons. The molecule has 0 aliphatic carbocycles. The average Bonchev–Trinajstić information content (AvgIpc) is 3.01. The zero-order valence-electron chi connectivity index (χ0n) is 14.4. The van der Waals surface area contributed by atoms with Crippen LogP contribution in [0.3, 0.4) is 0 Å². The molecule has 1 aromatic carbocycles. The van der Waals surface area contributed by atoms with Gasteiger partial charge in [-0.25, -0.2) is 0 Å². The lowest BCUT2D eigenvalue weighted by Crippen LogP contribution is -2.39. The van der Waals surface area contributed by atoms with E-state index in [-0.39, 0.29) is 17.2 Å². The number of carbonyl (C=O) groups is 1. The van der Waals surface area contributed by atoms with Crippen LogP contribution in [0, 0.1) is 0 Å². The quantitative estimate of drug-likeness (QED) is 0.240. The van der Waals surface area contributed by atoms with E-state index in [1.807, 2.05) is 0 Å². The predicted octanol–water partition coefficient (Wildman–Crippen LogP) is 1.40. The van der Waals surface area contributed by atoms with Crippen molar-refractivity contribution >= 4 is 11.6 Å². The van der Waals surface area contributed by atoms with Crippen LogP contribution in [0.1, 0.15) is 30.4 Å². The minimum atomic E-state index is -4.49. The van der Waals surface area contributed by atoms with Crippen LogP contribution in [0.25, 0.3) is 5.70 Å². The number of alkyl halides is 3. The van der Waals surface area contributed by atoms with Gasteiger partial charge in [-0.3, -0.25) is 16.0 Å². The van der Waals surface area contributed by atoms with Gasteiger partial charge in [0.15, 0.2) is 0 Å². The third kappa shape index (κ3) is 5.45. The van der Waals surface area contributed by atoms with Gasteiger partial charge in [-0.05, 0) is 31.5 Å². The van der Waals surface area contributed by atoms with Crippen molar-refractivity contribution in [2.75, 3.05) is 19.6 Å². The lowest BCUT2D eigenvalue weighted by molar-refractivity contribution is -0.137. The third-order valence-electron chi connectivity index (χ3n) is 4.18. The number of benzene rings is 1. The average molecular weight is 371 g/mol. The first-order chi connectivity index (χ1) is 12.3. The van der Waals surface area contributed by atoms with Gasteiger partial charge >= 0.3 is 6.18 Å². The molecule has 1 atom stereocenters. The summed E-state index contributed by atoms with van der Waals surface area (Å²) in [5.41, 5.74) is 7.45. The molecule has 1 heterocycles. The van der Waals surface area contributed by atoms with E-state index in [4.69, 9.17) is 11.6 Å². The molecule has 1 aliphatic rings. The molecule has 0 aromatic heterocycles. The molecular weight excluding hydrogens is 347 g/mol. The number of likely N-dealkylation sites (tertiary alicyclic amines) is 1. The Kier molecular flexibility index (Phi) is 7.01. The molecule has 6 N–H and O–H groups in total. The predicted molar refractivity (Wildman–Crippen MR) is 93.2 cm³/mol. The topological polar surface area (TPSA) is 96.4 Å². The molecule has 0 bridgehead atoms. The standard InChI is InChI=1S/C17H24F3N5O/c18-17(19,20)13-6-2-1-5-12(13)14(24-22)11-15(21)23-8-4-10-25-9-3-7-16(25)26/h1-2,5-6,11,15,23-24H,3-4,7-10,21-22H2/b14-11-. The Labute approximate surface area is 150 Å². The van der Waals surface area contributed by atoms with Crippen LogP contribution in [0.15, 0.2) is 30.3 Å². The highest BCUT2D eigenvalue weighted by Gasteiger charge is 2.33. The van der Waals surface area contributed by atoms with E-state index < -0.39 is 17.9 Å². The maximum absolute atomic E-state index is 13.1. The number of hydrogen-bond acceptors (Lipinski definition) is 5. The summed E-state index contributed by atoms with van der Waals surface area (Å²) < 4.78 is 39.4. The highest BCUT2D eigenvalue weighted by Crippen LogP contribution is 2.34. The van der Waals surface area contributed by atoms with Gasteiger partial charge in [0.2, 0.25) is 5.91 Å². The SMILES string of the molecule is NN/C(=C\C(N)NCCCN1CCCC1=O)c1ccccc1C(F)(F)F. The number of nitrogens with one attached hydrogen (secondary N) is 2. The maximum atomic E-state index is 13.1. The van der Waals surface area contributed by atoms with Crippen molar-refractivity contribution < 1.29 is 18.0 Å². The molecule has 1 amide bonds. The zero-order valence-corrected chi connectivity index (χ0v) is 14.4. The van der Waals surface area contributed by atoms with Crippen molar-refractivity contribution in [3.8, 4) is 0 Å². The molecular formula is C17H24F3N5O. The van der Waals surface area contributed by atoms with E-state index in [1.165, 1.54) is 24.3 Å². The lowest BCUT2D eigenvalue weighted by Gasteiger charge is -2.18. The molecule has 0 radical (unpaired) electrons. The van der Waals surface area contributed by atoms with E-state index in [0.717, 1.165) is 19.0 Å². The highest BCUT2D eigenvalue weighted by atomic mass is 19.4. The number of amides is 1. The van der Waals surface area contributed by atoms with Crippen LogP contribution in [0.2, 0.25) is 0 Å². The largest absolute Gasteiger partial charge is 0.417 e. The van der Waals surface area contributed by atoms with Gasteiger partial charge in [-0.15, -0.1) is 0 Å². The normalized spacial score (nSPS) is 16.9. The maximum Gasteiger partial charge on any atom is 0.417 e. The van der Waals surface area contributed by atoms with Gasteiger partial charge in [-0.2, -0.15) is 13.2 Å². The minimum absolute atomic E-state index is 0.0672. The summed E-state index contributed by atoms with van der Waals surface area (Å²) in [6, 6.07) is 5.15. The molecule has 26 heavy (non-hydrogen) atoms. The molecule has 1 aromatic rings. The Hall–Kier alpha value is -2.10. The van der Waals surface area contributed by atoms with Crippen LogP contribution < -0.4 is 22.3 Å². The second-order valence-electron chi connectivity index (χ2n) is 6.09. The van der Waals surface area contributed by atoms with Crippen molar-refractivity contribution in [2.24, 2.45) is 11.6 Å². The summed E-state index contributed by atoms with van der Waals surface area (Å²) >= 11 is 0. The molecule has 1 fully saturated rings. The summed E-state index contributed by atoms with van der Waals surface area (Å²) in [5.74, 6) is 5.56. The van der Waals surface area contributed by atoms with Crippen molar-refractivity contribution in [2.45, 2.75) is 31.6 Å². The molecule has 2 rings (SSSR count). The fourth-order valence-electron chi connectivity index (χ4n) is 2.90. The summed E-state index contributed by atoms with van der Waals surface area (Å²) in [6.45, 7) is 1.95. The molecule has 1 unspecified atom stereocenters. The lowest BCUT2D eigenvalue weighted by atomic mass is 10.0. The number of nitrogens with zero attached hydrogens (tertiary/aromatic N) is 1. The van der Waals surface area contributed by atoms with Crippen molar-refractivity contribution in [1.29, 1.82) is 0 Å². The van der Waals surface area contributed by atoms with Crippen molar-refractivity contribution in [1.82, 2.24) is 15.6 Å². The molecule has 1 aliphatic heterocycles. The number of halogens is 3. The molecule has 0 saturated carbocycles. The van der Waals surface area contributed by atoms with E-state index in [1.54, 1.807) is 4.90 Å². The van der Waals surface area contributed by atoms with Gasteiger partial charge in [0.1, 0.15) is 0 Å². The second kappa shape index (κ2) is 9.02. The van der Waals surface area contributed by atoms with E-state index in [9.17, 15) is 18.0 Å². The third-order valence-corrected chi connectivity index (χ3v) is 4.18. The van der Waals surface area contributed by atoms with E-state index in [0.29, 0.717) is 25.9 Å². The smallest absolute Gasteiger partial charge is 0.343 e. The van der Waals surface area contributed by atoms with Crippen LogP contribution in [0.5, 0.6) is 0 Å². The molecule has 1 saturated heterocycles. The van der Waals surface area contributed by atoms with E-state index in [2.05, 4.69) is 10.7 Å². The Bertz CT molecular complexity index is 648. The van der Waals surface area contributed by atoms with Crippen LogP contribution >= 0.6 is 0 Å². The summed E-state index contributed by atoms with van der Waals surface area (Å²) in [5, 5.41) is 3.00. The van der Waals surface area contributed by atoms with Gasteiger partial charge in [0.25, 0.3) is 0 Å². The number of hydrazine groups is 1. The highest BCUT2D eigenvalue weighted by molar-refractivity contribution is 5.78. The Morgan fingerprint density at radius 2 is 2.08 bits per heavy atom. The monoisotopic (exact) mass is 371 g/mol. The fraction of sp³-hybridized carbons (Fsp3) is 0.471. The Morgan fingerprint density at radius 1 is 1.35 bits per heavy atom. The Morgan fingerprint density at radius 3 is 2.69 bits per heavy atom. The summed E-state index contributed by atoms with van der Waals surface area (Å²) in [7, 11) is 0. The van der Waals surface area contributed by atoms with Crippen LogP contribution in [-0.4, -0.2) is 36.6 Å². The van der Waals surface area contributed by atoms with Crippen LogP contribution in [0.4, 0.5) is 13.2 Å².